The molecule has 0 saturated heterocycles. The fourth-order valence-corrected chi connectivity index (χ4v) is 2.20. The molecule has 3 rings (SSSR count). The Morgan fingerprint density at radius 2 is 2.21 bits per heavy atom. The highest BCUT2D eigenvalue weighted by Crippen LogP contribution is 2.19. The topological polar surface area (TPSA) is 76.6 Å². The van der Waals surface area contributed by atoms with Crippen LogP contribution in [0.2, 0.25) is 0 Å². The molecule has 0 aromatic carbocycles. The first-order valence-corrected chi connectivity index (χ1v) is 6.20. The van der Waals surface area contributed by atoms with E-state index in [1.807, 2.05) is 18.5 Å². The zero-order chi connectivity index (χ0) is 13.1. The normalized spacial score (nSPS) is 17.5. The summed E-state index contributed by atoms with van der Waals surface area (Å²) in [4.78, 5) is 12.3. The van der Waals surface area contributed by atoms with Crippen molar-refractivity contribution >= 4 is 0 Å². The quantitative estimate of drug-likeness (QED) is 0.823. The number of ether oxygens (including phenoxy) is 1. The van der Waals surface area contributed by atoms with Gasteiger partial charge in [0.15, 0.2) is 0 Å². The molecule has 1 unspecified atom stereocenters. The second kappa shape index (κ2) is 5.06. The van der Waals surface area contributed by atoms with Gasteiger partial charge in [-0.25, -0.2) is 15.0 Å². The summed E-state index contributed by atoms with van der Waals surface area (Å²) in [5, 5.41) is 8.65. The highest BCUT2D eigenvalue weighted by molar-refractivity contribution is 5.22. The van der Waals surface area contributed by atoms with E-state index in [9.17, 15) is 0 Å². The van der Waals surface area contributed by atoms with Crippen molar-refractivity contribution in [2.75, 3.05) is 6.61 Å². The molecule has 0 radical (unpaired) electrons. The van der Waals surface area contributed by atoms with Crippen LogP contribution in [0.15, 0.2) is 24.8 Å². The van der Waals surface area contributed by atoms with E-state index < -0.39 is 0 Å². The van der Waals surface area contributed by atoms with E-state index in [0.717, 1.165) is 25.2 Å². The van der Waals surface area contributed by atoms with Crippen LogP contribution in [0.5, 0.6) is 6.01 Å². The van der Waals surface area contributed by atoms with Gasteiger partial charge in [-0.2, -0.15) is 5.26 Å². The number of hydrogen-bond donors (Lipinski definition) is 0. The maximum absolute atomic E-state index is 8.65. The summed E-state index contributed by atoms with van der Waals surface area (Å²) in [7, 11) is 0. The highest BCUT2D eigenvalue weighted by Gasteiger charge is 2.19. The maximum Gasteiger partial charge on any atom is 0.316 e. The molecule has 0 amide bonds. The molecule has 1 atom stereocenters. The molecule has 0 saturated carbocycles. The molecule has 0 spiro atoms. The van der Waals surface area contributed by atoms with E-state index in [-0.39, 0.29) is 0 Å². The first kappa shape index (κ1) is 11.7. The lowest BCUT2D eigenvalue weighted by Crippen LogP contribution is -2.24. The average molecular weight is 255 g/mol. The third-order valence-corrected chi connectivity index (χ3v) is 3.26. The molecule has 2 aromatic heterocycles. The van der Waals surface area contributed by atoms with Gasteiger partial charge in [0.2, 0.25) is 0 Å². The summed E-state index contributed by atoms with van der Waals surface area (Å²) >= 11 is 0. The molecular weight excluding hydrogens is 242 g/mol. The molecule has 2 aromatic rings. The fourth-order valence-electron chi connectivity index (χ4n) is 2.20. The smallest absolute Gasteiger partial charge is 0.316 e. The average Bonchev–Trinajstić information content (AvgIpc) is 2.93. The van der Waals surface area contributed by atoms with E-state index in [1.165, 1.54) is 12.4 Å². The summed E-state index contributed by atoms with van der Waals surface area (Å²) in [6.07, 6.45) is 8.77. The van der Waals surface area contributed by atoms with E-state index in [2.05, 4.69) is 19.5 Å². The second-order valence-electron chi connectivity index (χ2n) is 4.57. The van der Waals surface area contributed by atoms with Crippen molar-refractivity contribution in [1.82, 2.24) is 19.5 Å². The molecule has 1 aliphatic heterocycles. The minimum atomic E-state index is 0.327. The summed E-state index contributed by atoms with van der Waals surface area (Å²) in [6, 6.07) is 2.30. The molecule has 3 heterocycles. The summed E-state index contributed by atoms with van der Waals surface area (Å²) in [6.45, 7) is 1.57. The van der Waals surface area contributed by atoms with Gasteiger partial charge in [0.1, 0.15) is 11.9 Å². The predicted octanol–water partition coefficient (Wildman–Crippen LogP) is 1.19. The molecule has 0 bridgehead atoms. The summed E-state index contributed by atoms with van der Waals surface area (Å²) in [5.41, 5.74) is 0.437. The van der Waals surface area contributed by atoms with Gasteiger partial charge in [0.25, 0.3) is 0 Å². The Kier molecular flexibility index (Phi) is 3.11. The van der Waals surface area contributed by atoms with Crippen LogP contribution in [-0.2, 0) is 13.0 Å². The Bertz CT molecular complexity index is 598. The second-order valence-corrected chi connectivity index (χ2v) is 4.57. The number of fused-ring (bicyclic) bond motifs is 1. The van der Waals surface area contributed by atoms with Crippen molar-refractivity contribution in [1.29, 1.82) is 5.26 Å². The van der Waals surface area contributed by atoms with Crippen LogP contribution in [-0.4, -0.2) is 26.1 Å². The summed E-state index contributed by atoms with van der Waals surface area (Å²) < 4.78 is 7.74. The molecule has 0 N–H and O–H groups in total. The SMILES string of the molecule is N#Cc1cnc(OCC2CCn3ccnc3C2)nc1. The number of imidazole rings is 1. The van der Waals surface area contributed by atoms with Gasteiger partial charge in [0.05, 0.1) is 24.6 Å². The lowest BCUT2D eigenvalue weighted by molar-refractivity contribution is 0.205. The van der Waals surface area contributed by atoms with Gasteiger partial charge >= 0.3 is 6.01 Å². The number of nitrogens with zero attached hydrogens (tertiary/aromatic N) is 5. The number of aryl methyl sites for hydroxylation is 1. The van der Waals surface area contributed by atoms with E-state index in [1.54, 1.807) is 0 Å². The number of hydrogen-bond acceptors (Lipinski definition) is 5. The summed E-state index contributed by atoms with van der Waals surface area (Å²) in [5.74, 6) is 1.55. The minimum Gasteiger partial charge on any atom is -0.463 e. The molecule has 0 aliphatic carbocycles. The Hall–Kier alpha value is -2.42. The van der Waals surface area contributed by atoms with Crippen molar-refractivity contribution in [3.63, 3.8) is 0 Å². The van der Waals surface area contributed by atoms with Gasteiger partial charge in [-0.05, 0) is 6.42 Å². The third-order valence-electron chi connectivity index (χ3n) is 3.26. The molecular formula is C13H13N5O. The van der Waals surface area contributed by atoms with Gasteiger partial charge < -0.3 is 9.30 Å². The monoisotopic (exact) mass is 255 g/mol. The standard InChI is InChI=1S/C13H13N5O/c14-6-11-7-16-13(17-8-11)19-9-10-1-3-18-4-2-15-12(18)5-10/h2,4,7-8,10H,1,3,5,9H2. The zero-order valence-corrected chi connectivity index (χ0v) is 10.4. The number of rotatable bonds is 3. The van der Waals surface area contributed by atoms with Gasteiger partial charge in [-0.1, -0.05) is 0 Å². The molecule has 19 heavy (non-hydrogen) atoms. The van der Waals surface area contributed by atoms with E-state index in [4.69, 9.17) is 10.00 Å². The largest absolute Gasteiger partial charge is 0.463 e. The number of aromatic nitrogens is 4. The van der Waals surface area contributed by atoms with Crippen LogP contribution in [0, 0.1) is 17.2 Å². The van der Waals surface area contributed by atoms with Crippen molar-refractivity contribution in [3.8, 4) is 12.1 Å². The van der Waals surface area contributed by atoms with Crippen LogP contribution < -0.4 is 4.74 Å². The fraction of sp³-hybridized carbons (Fsp3) is 0.385. The Balaban J connectivity index is 1.57. The van der Waals surface area contributed by atoms with Crippen LogP contribution in [0.4, 0.5) is 0 Å². The maximum atomic E-state index is 8.65. The van der Waals surface area contributed by atoms with Gasteiger partial charge in [-0.15, -0.1) is 0 Å². The minimum absolute atomic E-state index is 0.327. The van der Waals surface area contributed by atoms with Crippen LogP contribution >= 0.6 is 0 Å². The first-order chi connectivity index (χ1) is 9.35. The van der Waals surface area contributed by atoms with Crippen LogP contribution in [0.3, 0.4) is 0 Å². The van der Waals surface area contributed by atoms with Crippen molar-refractivity contribution < 1.29 is 4.74 Å². The zero-order valence-electron chi connectivity index (χ0n) is 10.4. The predicted molar refractivity (Wildman–Crippen MR) is 66.3 cm³/mol. The van der Waals surface area contributed by atoms with Crippen molar-refractivity contribution in [2.24, 2.45) is 5.92 Å². The third kappa shape index (κ3) is 2.55. The molecule has 6 heteroatoms. The van der Waals surface area contributed by atoms with Crippen molar-refractivity contribution in [3.05, 3.63) is 36.2 Å². The first-order valence-electron chi connectivity index (χ1n) is 6.20. The Morgan fingerprint density at radius 1 is 1.37 bits per heavy atom. The molecule has 6 nitrogen and oxygen atoms in total. The molecule has 96 valence electrons. The molecule has 1 aliphatic rings. The van der Waals surface area contributed by atoms with Crippen LogP contribution in [0.25, 0.3) is 0 Å². The lowest BCUT2D eigenvalue weighted by atomic mass is 9.99. The van der Waals surface area contributed by atoms with E-state index in [0.29, 0.717) is 24.1 Å². The lowest BCUT2D eigenvalue weighted by Gasteiger charge is -2.22. The Labute approximate surface area is 110 Å². The molecule has 0 fully saturated rings. The van der Waals surface area contributed by atoms with Crippen molar-refractivity contribution in [2.45, 2.75) is 19.4 Å². The van der Waals surface area contributed by atoms with Gasteiger partial charge in [-0.3, -0.25) is 0 Å². The van der Waals surface area contributed by atoms with Gasteiger partial charge in [0, 0.05) is 31.3 Å². The highest BCUT2D eigenvalue weighted by atomic mass is 16.5. The Morgan fingerprint density at radius 3 is 3.00 bits per heavy atom. The van der Waals surface area contributed by atoms with Crippen LogP contribution in [0.1, 0.15) is 17.8 Å². The van der Waals surface area contributed by atoms with E-state index >= 15 is 0 Å². The number of nitriles is 1.